The highest BCUT2D eigenvalue weighted by molar-refractivity contribution is 7.20. The molecular weight excluding hydrogens is 409 g/mol. The van der Waals surface area contributed by atoms with E-state index in [-0.39, 0.29) is 10.6 Å². The van der Waals surface area contributed by atoms with Gasteiger partial charge in [0.2, 0.25) is 0 Å². The lowest BCUT2D eigenvalue weighted by Crippen LogP contribution is -2.12. The molecule has 2 N–H and O–H groups in total. The number of rotatable bonds is 4. The van der Waals surface area contributed by atoms with Gasteiger partial charge < -0.3 is 10.1 Å². The SMILES string of the molecule is COC(=O)Nc1nc(-c2ccccc2)c(NC(=O)c2ccc(Cl)cc2Cl)s1. The van der Waals surface area contributed by atoms with Crippen molar-refractivity contribution in [2.75, 3.05) is 17.7 Å². The molecule has 0 aliphatic rings. The zero-order chi connectivity index (χ0) is 19.4. The number of hydrogen-bond acceptors (Lipinski definition) is 5. The molecule has 0 spiro atoms. The van der Waals surface area contributed by atoms with Crippen LogP contribution in [0.15, 0.2) is 48.5 Å². The van der Waals surface area contributed by atoms with Gasteiger partial charge in [0.15, 0.2) is 5.13 Å². The van der Waals surface area contributed by atoms with E-state index in [1.807, 2.05) is 30.3 Å². The molecule has 3 aromatic rings. The van der Waals surface area contributed by atoms with Crippen LogP contribution in [-0.2, 0) is 4.74 Å². The summed E-state index contributed by atoms with van der Waals surface area (Å²) >= 11 is 13.1. The number of nitrogens with zero attached hydrogens (tertiary/aromatic N) is 1. The molecule has 2 aromatic carbocycles. The van der Waals surface area contributed by atoms with E-state index in [0.29, 0.717) is 20.8 Å². The van der Waals surface area contributed by atoms with E-state index in [4.69, 9.17) is 23.2 Å². The second-order valence-electron chi connectivity index (χ2n) is 5.26. The van der Waals surface area contributed by atoms with Crippen molar-refractivity contribution in [2.24, 2.45) is 0 Å². The van der Waals surface area contributed by atoms with Gasteiger partial charge in [-0.25, -0.2) is 9.78 Å². The van der Waals surface area contributed by atoms with E-state index in [0.717, 1.165) is 16.9 Å². The van der Waals surface area contributed by atoms with Crippen molar-refractivity contribution in [2.45, 2.75) is 0 Å². The summed E-state index contributed by atoms with van der Waals surface area (Å²) in [5, 5.41) is 6.72. The summed E-state index contributed by atoms with van der Waals surface area (Å²) in [6, 6.07) is 13.9. The van der Waals surface area contributed by atoms with Crippen LogP contribution in [-0.4, -0.2) is 24.1 Å². The minimum Gasteiger partial charge on any atom is -0.453 e. The van der Waals surface area contributed by atoms with E-state index in [9.17, 15) is 9.59 Å². The molecule has 0 atom stereocenters. The van der Waals surface area contributed by atoms with Crippen LogP contribution in [0, 0.1) is 0 Å². The summed E-state index contributed by atoms with van der Waals surface area (Å²) in [6.45, 7) is 0. The normalized spacial score (nSPS) is 10.3. The highest BCUT2D eigenvalue weighted by Gasteiger charge is 2.19. The van der Waals surface area contributed by atoms with Crippen molar-refractivity contribution in [3.63, 3.8) is 0 Å². The number of aromatic nitrogens is 1. The molecule has 1 aromatic heterocycles. The van der Waals surface area contributed by atoms with Crippen molar-refractivity contribution in [1.29, 1.82) is 0 Å². The van der Waals surface area contributed by atoms with Crippen molar-refractivity contribution in [1.82, 2.24) is 4.98 Å². The molecule has 0 fully saturated rings. The lowest BCUT2D eigenvalue weighted by Gasteiger charge is -2.07. The Kier molecular flexibility index (Phi) is 5.95. The van der Waals surface area contributed by atoms with Crippen molar-refractivity contribution >= 4 is 56.7 Å². The Morgan fingerprint density at radius 3 is 2.48 bits per heavy atom. The van der Waals surface area contributed by atoms with E-state index in [2.05, 4.69) is 20.4 Å². The van der Waals surface area contributed by atoms with Gasteiger partial charge in [0.1, 0.15) is 10.7 Å². The summed E-state index contributed by atoms with van der Waals surface area (Å²) in [5.41, 5.74) is 1.57. The summed E-state index contributed by atoms with van der Waals surface area (Å²) in [6.07, 6.45) is -0.651. The van der Waals surface area contributed by atoms with Crippen LogP contribution in [0.25, 0.3) is 11.3 Å². The summed E-state index contributed by atoms with van der Waals surface area (Å²) in [4.78, 5) is 28.5. The molecule has 0 unspecified atom stereocenters. The number of hydrogen-bond donors (Lipinski definition) is 2. The van der Waals surface area contributed by atoms with Gasteiger partial charge in [0.25, 0.3) is 5.91 Å². The topological polar surface area (TPSA) is 80.3 Å². The lowest BCUT2D eigenvalue weighted by molar-refractivity contribution is 0.102. The fourth-order valence-electron chi connectivity index (χ4n) is 2.23. The zero-order valence-corrected chi connectivity index (χ0v) is 16.3. The van der Waals surface area contributed by atoms with E-state index >= 15 is 0 Å². The number of carbonyl (C=O) groups excluding carboxylic acids is 2. The first-order valence-corrected chi connectivity index (χ1v) is 9.23. The predicted octanol–water partition coefficient (Wildman–Crippen LogP) is 5.55. The second kappa shape index (κ2) is 8.39. The number of thiazole rings is 1. The Bertz CT molecular complexity index is 993. The monoisotopic (exact) mass is 421 g/mol. The average molecular weight is 422 g/mol. The largest absolute Gasteiger partial charge is 0.453 e. The number of ether oxygens (including phenoxy) is 1. The third kappa shape index (κ3) is 4.57. The van der Waals surface area contributed by atoms with Crippen LogP contribution in [0.5, 0.6) is 0 Å². The fourth-order valence-corrected chi connectivity index (χ4v) is 3.60. The molecule has 0 radical (unpaired) electrons. The van der Waals surface area contributed by atoms with E-state index in [1.54, 1.807) is 6.07 Å². The Morgan fingerprint density at radius 2 is 1.81 bits per heavy atom. The van der Waals surface area contributed by atoms with Gasteiger partial charge in [-0.15, -0.1) is 0 Å². The fraction of sp³-hybridized carbons (Fsp3) is 0.0556. The number of anilines is 2. The van der Waals surface area contributed by atoms with Crippen LogP contribution in [0.3, 0.4) is 0 Å². The maximum absolute atomic E-state index is 12.6. The number of benzene rings is 2. The van der Waals surface area contributed by atoms with E-state index in [1.165, 1.54) is 19.2 Å². The van der Waals surface area contributed by atoms with Crippen molar-refractivity contribution in [3.8, 4) is 11.3 Å². The molecule has 2 amide bonds. The maximum atomic E-state index is 12.6. The Labute approximate surface area is 169 Å². The lowest BCUT2D eigenvalue weighted by atomic mass is 10.1. The molecule has 9 heteroatoms. The van der Waals surface area contributed by atoms with Crippen molar-refractivity contribution in [3.05, 3.63) is 64.1 Å². The Balaban J connectivity index is 1.95. The summed E-state index contributed by atoms with van der Waals surface area (Å²) < 4.78 is 4.59. The van der Waals surface area contributed by atoms with Gasteiger partial charge in [-0.2, -0.15) is 0 Å². The molecule has 138 valence electrons. The summed E-state index contributed by atoms with van der Waals surface area (Å²) in [5.74, 6) is -0.415. The second-order valence-corrected chi connectivity index (χ2v) is 7.10. The molecule has 0 saturated heterocycles. The standard InChI is InChI=1S/C18H13Cl2N3O3S/c1-26-18(25)23-17-21-14(10-5-3-2-4-6-10)16(27-17)22-15(24)12-8-7-11(19)9-13(12)20/h2-9H,1H3,(H,22,24)(H,21,23,25). The molecule has 0 aliphatic heterocycles. The minimum atomic E-state index is -0.651. The number of amides is 2. The predicted molar refractivity (Wildman–Crippen MR) is 108 cm³/mol. The van der Waals surface area contributed by atoms with Gasteiger partial charge in [0.05, 0.1) is 17.7 Å². The van der Waals surface area contributed by atoms with Gasteiger partial charge in [-0.1, -0.05) is 64.9 Å². The molecule has 3 rings (SSSR count). The van der Waals surface area contributed by atoms with Gasteiger partial charge in [-0.05, 0) is 18.2 Å². The Morgan fingerprint density at radius 1 is 1.07 bits per heavy atom. The van der Waals surface area contributed by atoms with Crippen LogP contribution in [0.1, 0.15) is 10.4 Å². The van der Waals surface area contributed by atoms with Crippen LogP contribution in [0.2, 0.25) is 10.0 Å². The molecule has 0 bridgehead atoms. The van der Waals surface area contributed by atoms with Crippen LogP contribution in [0.4, 0.5) is 14.9 Å². The minimum absolute atomic E-state index is 0.235. The number of methoxy groups -OCH3 is 1. The van der Waals surface area contributed by atoms with Gasteiger partial charge in [0, 0.05) is 10.6 Å². The third-order valence-corrected chi connectivity index (χ3v) is 4.91. The maximum Gasteiger partial charge on any atom is 0.413 e. The van der Waals surface area contributed by atoms with Gasteiger partial charge >= 0.3 is 6.09 Å². The quantitative estimate of drug-likeness (QED) is 0.578. The summed E-state index contributed by atoms with van der Waals surface area (Å²) in [7, 11) is 1.26. The highest BCUT2D eigenvalue weighted by Crippen LogP contribution is 2.36. The third-order valence-electron chi connectivity index (χ3n) is 3.47. The molecule has 0 saturated carbocycles. The molecule has 27 heavy (non-hydrogen) atoms. The first-order chi connectivity index (χ1) is 13.0. The number of nitrogens with one attached hydrogen (secondary N) is 2. The average Bonchev–Trinajstić information content (AvgIpc) is 3.04. The molecular formula is C18H13Cl2N3O3S. The van der Waals surface area contributed by atoms with Crippen molar-refractivity contribution < 1.29 is 14.3 Å². The van der Waals surface area contributed by atoms with Crippen LogP contribution >= 0.6 is 34.5 Å². The van der Waals surface area contributed by atoms with E-state index < -0.39 is 12.0 Å². The van der Waals surface area contributed by atoms with Crippen LogP contribution < -0.4 is 10.6 Å². The molecule has 1 heterocycles. The first kappa shape index (κ1) is 19.2. The zero-order valence-electron chi connectivity index (χ0n) is 14.0. The molecule has 0 aliphatic carbocycles. The first-order valence-electron chi connectivity index (χ1n) is 7.65. The highest BCUT2D eigenvalue weighted by atomic mass is 35.5. The smallest absolute Gasteiger partial charge is 0.413 e. The van der Waals surface area contributed by atoms with Gasteiger partial charge in [-0.3, -0.25) is 10.1 Å². The number of halogens is 2. The Hall–Kier alpha value is -2.61. The molecule has 6 nitrogen and oxygen atoms in total. The number of carbonyl (C=O) groups is 2.